The summed E-state index contributed by atoms with van der Waals surface area (Å²) in [5.41, 5.74) is 0. The summed E-state index contributed by atoms with van der Waals surface area (Å²) in [5, 5.41) is 40.1. The Morgan fingerprint density at radius 3 is 1.49 bits per heavy atom. The molecule has 1 aliphatic heterocycles. The zero-order chi connectivity index (χ0) is 40.0. The van der Waals surface area contributed by atoms with Gasteiger partial charge in [0, 0.05) is 13.0 Å². The highest BCUT2D eigenvalue weighted by molar-refractivity contribution is 5.69. The molecule has 0 spiro atoms. The largest absolute Gasteiger partial charge is 0.457 e. The van der Waals surface area contributed by atoms with Crippen LogP contribution in [0.1, 0.15) is 213 Å². The average Bonchev–Trinajstić information content (AvgIpc) is 3.18. The number of ether oxygens (including phenoxy) is 4. The Labute approximate surface area is 337 Å². The van der Waals surface area contributed by atoms with Crippen LogP contribution in [0.2, 0.25) is 0 Å². The van der Waals surface area contributed by atoms with Gasteiger partial charge in [0.2, 0.25) is 0 Å². The SMILES string of the molecule is CCCCCC/C=C\CCCCCCCCOCC(COC1OC(CO)C(O)C(O)C1O)OC(=O)CCCCCCCCCCCCCCCCCCCC. The third-order valence-corrected chi connectivity index (χ3v) is 10.9. The molecule has 4 N–H and O–H groups in total. The summed E-state index contributed by atoms with van der Waals surface area (Å²) in [6, 6.07) is 0. The molecule has 0 radical (unpaired) electrons. The lowest BCUT2D eigenvalue weighted by molar-refractivity contribution is -0.305. The van der Waals surface area contributed by atoms with Crippen molar-refractivity contribution in [2.45, 2.75) is 250 Å². The van der Waals surface area contributed by atoms with Gasteiger partial charge in [-0.15, -0.1) is 0 Å². The van der Waals surface area contributed by atoms with E-state index >= 15 is 0 Å². The zero-order valence-electron chi connectivity index (χ0n) is 35.7. The second-order valence-electron chi connectivity index (χ2n) is 16.2. The number of hydrogen-bond donors (Lipinski definition) is 4. The van der Waals surface area contributed by atoms with E-state index in [2.05, 4.69) is 26.0 Å². The molecule has 1 heterocycles. The molecule has 9 nitrogen and oxygen atoms in total. The third-order valence-electron chi connectivity index (χ3n) is 10.9. The van der Waals surface area contributed by atoms with E-state index in [0.717, 1.165) is 32.1 Å². The lowest BCUT2D eigenvalue weighted by atomic mass is 9.99. The first-order valence-electron chi connectivity index (χ1n) is 23.3. The van der Waals surface area contributed by atoms with Crippen LogP contribution in [0, 0.1) is 0 Å². The molecule has 0 aromatic heterocycles. The Balaban J connectivity index is 2.23. The molecule has 0 saturated carbocycles. The first-order valence-corrected chi connectivity index (χ1v) is 23.3. The molecule has 0 aromatic carbocycles. The van der Waals surface area contributed by atoms with Crippen molar-refractivity contribution in [1.82, 2.24) is 0 Å². The predicted octanol–water partition coefficient (Wildman–Crippen LogP) is 10.4. The molecule has 1 saturated heterocycles. The minimum atomic E-state index is -1.53. The Morgan fingerprint density at radius 1 is 0.564 bits per heavy atom. The lowest BCUT2D eigenvalue weighted by Gasteiger charge is -2.39. The van der Waals surface area contributed by atoms with Crippen molar-refractivity contribution in [2.24, 2.45) is 0 Å². The fraction of sp³-hybridized carbons (Fsp3) is 0.935. The summed E-state index contributed by atoms with van der Waals surface area (Å²) in [7, 11) is 0. The number of carbonyl (C=O) groups excluding carboxylic acids is 1. The third kappa shape index (κ3) is 29.8. The second kappa shape index (κ2) is 38.4. The highest BCUT2D eigenvalue weighted by Gasteiger charge is 2.44. The molecule has 0 aromatic rings. The van der Waals surface area contributed by atoms with Gasteiger partial charge in [-0.2, -0.15) is 0 Å². The molecule has 9 heteroatoms. The number of esters is 1. The number of aliphatic hydroxyl groups is 4. The fourth-order valence-corrected chi connectivity index (χ4v) is 7.25. The standard InChI is InChI=1S/C46H88O9/c1-3-5-7-9-11-13-15-17-19-20-21-22-23-25-27-29-31-33-35-42(48)54-40(39-53-46-45(51)44(50)43(49)41(37-47)55-46)38-52-36-34-32-30-28-26-24-18-16-14-12-10-8-6-4-2/h14,16,40-41,43-47,49-51H,3-13,15,17-39H2,1-2H3/b16-14-. The van der Waals surface area contributed by atoms with Crippen molar-refractivity contribution in [3.63, 3.8) is 0 Å². The van der Waals surface area contributed by atoms with E-state index in [9.17, 15) is 25.2 Å². The quantitative estimate of drug-likeness (QED) is 0.0272. The van der Waals surface area contributed by atoms with Crippen molar-refractivity contribution in [2.75, 3.05) is 26.4 Å². The highest BCUT2D eigenvalue weighted by atomic mass is 16.7. The topological polar surface area (TPSA) is 135 Å². The molecule has 1 fully saturated rings. The molecule has 326 valence electrons. The van der Waals surface area contributed by atoms with Crippen LogP contribution in [0.25, 0.3) is 0 Å². The summed E-state index contributed by atoms with van der Waals surface area (Å²) < 4.78 is 22.8. The van der Waals surface area contributed by atoms with Crippen LogP contribution in [-0.2, 0) is 23.7 Å². The molecule has 1 aliphatic rings. The minimum Gasteiger partial charge on any atom is -0.457 e. The Morgan fingerprint density at radius 2 is 1.00 bits per heavy atom. The van der Waals surface area contributed by atoms with Crippen LogP contribution in [0.4, 0.5) is 0 Å². The van der Waals surface area contributed by atoms with E-state index in [1.165, 1.54) is 161 Å². The average molecular weight is 785 g/mol. The van der Waals surface area contributed by atoms with Gasteiger partial charge in [0.1, 0.15) is 30.5 Å². The number of unbranched alkanes of at least 4 members (excludes halogenated alkanes) is 27. The van der Waals surface area contributed by atoms with E-state index in [4.69, 9.17) is 18.9 Å². The second-order valence-corrected chi connectivity index (χ2v) is 16.2. The fourth-order valence-electron chi connectivity index (χ4n) is 7.25. The van der Waals surface area contributed by atoms with Gasteiger partial charge >= 0.3 is 5.97 Å². The minimum absolute atomic E-state index is 0.110. The molecular formula is C46H88O9. The molecule has 55 heavy (non-hydrogen) atoms. The maximum Gasteiger partial charge on any atom is 0.306 e. The summed E-state index contributed by atoms with van der Waals surface area (Å²) in [6.07, 6.45) is 35.2. The first-order chi connectivity index (χ1) is 26.9. The Bertz CT molecular complexity index is 853. The van der Waals surface area contributed by atoms with E-state index in [-0.39, 0.29) is 19.2 Å². The van der Waals surface area contributed by atoms with Gasteiger partial charge in [-0.05, 0) is 38.5 Å². The van der Waals surface area contributed by atoms with Crippen LogP contribution >= 0.6 is 0 Å². The molecular weight excluding hydrogens is 696 g/mol. The van der Waals surface area contributed by atoms with Gasteiger partial charge in [-0.25, -0.2) is 0 Å². The summed E-state index contributed by atoms with van der Waals surface area (Å²) in [6.45, 7) is 4.57. The Kier molecular flexibility index (Phi) is 36.3. The smallest absolute Gasteiger partial charge is 0.306 e. The van der Waals surface area contributed by atoms with E-state index in [0.29, 0.717) is 13.0 Å². The lowest BCUT2D eigenvalue weighted by Crippen LogP contribution is -2.59. The van der Waals surface area contributed by atoms with Crippen molar-refractivity contribution in [3.05, 3.63) is 12.2 Å². The van der Waals surface area contributed by atoms with Gasteiger partial charge < -0.3 is 39.4 Å². The van der Waals surface area contributed by atoms with Gasteiger partial charge in [-0.3, -0.25) is 4.79 Å². The first kappa shape index (κ1) is 51.9. The van der Waals surface area contributed by atoms with Crippen LogP contribution in [0.5, 0.6) is 0 Å². The van der Waals surface area contributed by atoms with Crippen molar-refractivity contribution < 1.29 is 44.2 Å². The normalized spacial score (nSPS) is 20.7. The summed E-state index contributed by atoms with van der Waals surface area (Å²) in [5.74, 6) is -0.311. The van der Waals surface area contributed by atoms with Gasteiger partial charge in [0.15, 0.2) is 6.29 Å². The van der Waals surface area contributed by atoms with Crippen molar-refractivity contribution in [1.29, 1.82) is 0 Å². The van der Waals surface area contributed by atoms with Crippen LogP contribution in [-0.4, -0.2) is 89.6 Å². The van der Waals surface area contributed by atoms with Gasteiger partial charge in [-0.1, -0.05) is 180 Å². The summed E-state index contributed by atoms with van der Waals surface area (Å²) in [4.78, 5) is 12.8. The molecule has 0 amide bonds. The van der Waals surface area contributed by atoms with Crippen LogP contribution in [0.15, 0.2) is 12.2 Å². The molecule has 0 aliphatic carbocycles. The molecule has 0 bridgehead atoms. The van der Waals surface area contributed by atoms with Crippen LogP contribution in [0.3, 0.4) is 0 Å². The van der Waals surface area contributed by atoms with E-state index < -0.39 is 43.4 Å². The molecule has 6 unspecified atom stereocenters. The van der Waals surface area contributed by atoms with Crippen molar-refractivity contribution >= 4 is 5.97 Å². The van der Waals surface area contributed by atoms with E-state index in [1.807, 2.05) is 0 Å². The monoisotopic (exact) mass is 785 g/mol. The predicted molar refractivity (Wildman–Crippen MR) is 224 cm³/mol. The number of rotatable bonds is 40. The van der Waals surface area contributed by atoms with Gasteiger partial charge in [0.25, 0.3) is 0 Å². The molecule has 1 rings (SSSR count). The highest BCUT2D eigenvalue weighted by Crippen LogP contribution is 2.23. The van der Waals surface area contributed by atoms with Crippen molar-refractivity contribution in [3.8, 4) is 0 Å². The van der Waals surface area contributed by atoms with E-state index in [1.54, 1.807) is 0 Å². The molecule has 6 atom stereocenters. The maximum atomic E-state index is 12.8. The van der Waals surface area contributed by atoms with Gasteiger partial charge in [0.05, 0.1) is 19.8 Å². The number of hydrogen-bond acceptors (Lipinski definition) is 9. The Hall–Kier alpha value is -1.07. The zero-order valence-corrected chi connectivity index (χ0v) is 35.7. The summed E-state index contributed by atoms with van der Waals surface area (Å²) >= 11 is 0. The number of allylic oxidation sites excluding steroid dienone is 2. The maximum absolute atomic E-state index is 12.8. The number of carbonyl (C=O) groups is 1. The van der Waals surface area contributed by atoms with Crippen LogP contribution < -0.4 is 0 Å². The number of aliphatic hydroxyl groups excluding tert-OH is 4.